The SMILES string of the molecule is CCOC1CC(N)(C(=O)NCC2CCCN(Cc3cccs3)C2)C1(C)C. The van der Waals surface area contributed by atoms with Crippen molar-refractivity contribution >= 4 is 17.2 Å². The molecule has 5 nitrogen and oxygen atoms in total. The van der Waals surface area contributed by atoms with Crippen molar-refractivity contribution in [3.8, 4) is 0 Å². The third-order valence-electron chi connectivity index (χ3n) is 6.35. The van der Waals surface area contributed by atoms with E-state index in [1.807, 2.05) is 32.1 Å². The maximum absolute atomic E-state index is 12.8. The molecular weight excluding hydrogens is 346 g/mol. The van der Waals surface area contributed by atoms with Crippen molar-refractivity contribution in [2.45, 2.75) is 58.2 Å². The highest BCUT2D eigenvalue weighted by Crippen LogP contribution is 2.49. The van der Waals surface area contributed by atoms with Crippen LogP contribution in [0.1, 0.15) is 44.9 Å². The lowest BCUT2D eigenvalue weighted by Crippen LogP contribution is -2.76. The number of carbonyl (C=O) groups excluding carboxylic acids is 1. The van der Waals surface area contributed by atoms with Crippen molar-refractivity contribution in [3.05, 3.63) is 22.4 Å². The summed E-state index contributed by atoms with van der Waals surface area (Å²) in [7, 11) is 0. The summed E-state index contributed by atoms with van der Waals surface area (Å²) in [6, 6.07) is 4.31. The Bertz CT molecular complexity index is 604. The summed E-state index contributed by atoms with van der Waals surface area (Å²) in [5, 5.41) is 5.28. The maximum Gasteiger partial charge on any atom is 0.240 e. The average molecular weight is 380 g/mol. The summed E-state index contributed by atoms with van der Waals surface area (Å²) in [5.74, 6) is 0.482. The first-order chi connectivity index (χ1) is 12.4. The molecular formula is C20H33N3O2S. The molecule has 1 saturated carbocycles. The van der Waals surface area contributed by atoms with Crippen LogP contribution in [0.5, 0.6) is 0 Å². The first-order valence-corrected chi connectivity index (χ1v) is 10.7. The van der Waals surface area contributed by atoms with E-state index in [0.29, 0.717) is 25.5 Å². The monoisotopic (exact) mass is 379 g/mol. The van der Waals surface area contributed by atoms with Crippen molar-refractivity contribution in [3.63, 3.8) is 0 Å². The van der Waals surface area contributed by atoms with Gasteiger partial charge in [-0.05, 0) is 43.7 Å². The molecule has 146 valence electrons. The van der Waals surface area contributed by atoms with E-state index in [2.05, 4.69) is 27.7 Å². The zero-order chi connectivity index (χ0) is 18.8. The Labute approximate surface area is 161 Å². The van der Waals surface area contributed by atoms with E-state index in [-0.39, 0.29) is 17.4 Å². The van der Waals surface area contributed by atoms with Gasteiger partial charge in [-0.15, -0.1) is 11.3 Å². The number of rotatable bonds is 7. The molecule has 0 aromatic carbocycles. The van der Waals surface area contributed by atoms with Crippen molar-refractivity contribution < 1.29 is 9.53 Å². The number of carbonyl (C=O) groups is 1. The molecule has 1 amide bonds. The second-order valence-electron chi connectivity index (χ2n) is 8.37. The van der Waals surface area contributed by atoms with Crippen molar-refractivity contribution in [2.24, 2.45) is 17.1 Å². The van der Waals surface area contributed by atoms with Gasteiger partial charge in [-0.3, -0.25) is 9.69 Å². The minimum atomic E-state index is -0.821. The number of hydrogen-bond acceptors (Lipinski definition) is 5. The summed E-state index contributed by atoms with van der Waals surface area (Å²) >= 11 is 1.81. The fraction of sp³-hybridized carbons (Fsp3) is 0.750. The highest BCUT2D eigenvalue weighted by atomic mass is 32.1. The Morgan fingerprint density at radius 3 is 2.96 bits per heavy atom. The summed E-state index contributed by atoms with van der Waals surface area (Å²) < 4.78 is 5.73. The highest BCUT2D eigenvalue weighted by molar-refractivity contribution is 7.09. The van der Waals surface area contributed by atoms with Crippen LogP contribution in [-0.4, -0.2) is 48.7 Å². The van der Waals surface area contributed by atoms with Crippen LogP contribution in [-0.2, 0) is 16.1 Å². The Morgan fingerprint density at radius 1 is 1.50 bits per heavy atom. The molecule has 2 aliphatic rings. The number of amides is 1. The van der Waals surface area contributed by atoms with E-state index in [1.165, 1.54) is 17.7 Å². The van der Waals surface area contributed by atoms with Gasteiger partial charge in [0.2, 0.25) is 5.91 Å². The van der Waals surface area contributed by atoms with Crippen molar-refractivity contribution in [2.75, 3.05) is 26.2 Å². The van der Waals surface area contributed by atoms with Crippen molar-refractivity contribution in [1.29, 1.82) is 0 Å². The van der Waals surface area contributed by atoms with Gasteiger partial charge in [0, 0.05) is 43.0 Å². The number of thiophene rings is 1. The average Bonchev–Trinajstić information content (AvgIpc) is 3.12. The topological polar surface area (TPSA) is 67.6 Å². The molecule has 2 heterocycles. The Morgan fingerprint density at radius 2 is 2.31 bits per heavy atom. The van der Waals surface area contributed by atoms with Crippen LogP contribution < -0.4 is 11.1 Å². The second kappa shape index (κ2) is 7.97. The molecule has 0 radical (unpaired) electrons. The van der Waals surface area contributed by atoms with Gasteiger partial charge in [-0.2, -0.15) is 0 Å². The van der Waals surface area contributed by atoms with Crippen LogP contribution in [0, 0.1) is 11.3 Å². The fourth-order valence-electron chi connectivity index (χ4n) is 4.30. The lowest BCUT2D eigenvalue weighted by atomic mass is 9.54. The molecule has 26 heavy (non-hydrogen) atoms. The molecule has 1 saturated heterocycles. The van der Waals surface area contributed by atoms with Gasteiger partial charge < -0.3 is 15.8 Å². The zero-order valence-corrected chi connectivity index (χ0v) is 17.1. The summed E-state index contributed by atoms with van der Waals surface area (Å²) in [4.78, 5) is 16.7. The predicted molar refractivity (Wildman–Crippen MR) is 106 cm³/mol. The van der Waals surface area contributed by atoms with E-state index < -0.39 is 5.54 Å². The number of likely N-dealkylation sites (tertiary alicyclic amines) is 1. The van der Waals surface area contributed by atoms with Crippen LogP contribution in [0.15, 0.2) is 17.5 Å². The Kier molecular flexibility index (Phi) is 6.07. The smallest absolute Gasteiger partial charge is 0.240 e. The molecule has 3 unspecified atom stereocenters. The molecule has 6 heteroatoms. The normalized spacial score (nSPS) is 31.4. The molecule has 1 aromatic rings. The zero-order valence-electron chi connectivity index (χ0n) is 16.3. The number of nitrogens with two attached hydrogens (primary N) is 1. The van der Waals surface area contributed by atoms with Gasteiger partial charge >= 0.3 is 0 Å². The molecule has 1 aromatic heterocycles. The van der Waals surface area contributed by atoms with Crippen LogP contribution >= 0.6 is 11.3 Å². The van der Waals surface area contributed by atoms with Crippen LogP contribution in [0.3, 0.4) is 0 Å². The molecule has 3 rings (SSSR count). The van der Waals surface area contributed by atoms with E-state index in [9.17, 15) is 4.79 Å². The fourth-order valence-corrected chi connectivity index (χ4v) is 5.05. The number of hydrogen-bond donors (Lipinski definition) is 2. The molecule has 1 aliphatic heterocycles. The number of nitrogens with one attached hydrogen (secondary N) is 1. The van der Waals surface area contributed by atoms with Gasteiger partial charge in [0.15, 0.2) is 0 Å². The quantitative estimate of drug-likeness (QED) is 0.764. The van der Waals surface area contributed by atoms with E-state index in [0.717, 1.165) is 19.6 Å². The van der Waals surface area contributed by atoms with Gasteiger partial charge in [-0.25, -0.2) is 0 Å². The maximum atomic E-state index is 12.8. The Hall–Kier alpha value is -0.950. The molecule has 3 atom stereocenters. The van der Waals surface area contributed by atoms with Crippen molar-refractivity contribution in [1.82, 2.24) is 10.2 Å². The number of ether oxygens (including phenoxy) is 1. The minimum Gasteiger partial charge on any atom is -0.378 e. The summed E-state index contributed by atoms with van der Waals surface area (Å²) in [6.45, 7) is 10.7. The first kappa shape index (κ1) is 19.8. The molecule has 1 aliphatic carbocycles. The lowest BCUT2D eigenvalue weighted by molar-refractivity contribution is -0.170. The number of nitrogens with zero attached hydrogens (tertiary/aromatic N) is 1. The molecule has 2 fully saturated rings. The van der Waals surface area contributed by atoms with Gasteiger partial charge in [-0.1, -0.05) is 19.9 Å². The molecule has 0 spiro atoms. The van der Waals surface area contributed by atoms with E-state index >= 15 is 0 Å². The number of piperidine rings is 1. The third-order valence-corrected chi connectivity index (χ3v) is 7.21. The van der Waals surface area contributed by atoms with Gasteiger partial charge in [0.05, 0.1) is 6.10 Å². The Balaban J connectivity index is 1.48. The van der Waals surface area contributed by atoms with E-state index in [1.54, 1.807) is 0 Å². The van der Waals surface area contributed by atoms with E-state index in [4.69, 9.17) is 10.5 Å². The summed E-state index contributed by atoms with van der Waals surface area (Å²) in [6.07, 6.45) is 3.04. The predicted octanol–water partition coefficient (Wildman–Crippen LogP) is 2.61. The molecule has 3 N–H and O–H groups in total. The van der Waals surface area contributed by atoms with Crippen LogP contribution in [0.25, 0.3) is 0 Å². The highest BCUT2D eigenvalue weighted by Gasteiger charge is 2.62. The van der Waals surface area contributed by atoms with Gasteiger partial charge in [0.1, 0.15) is 5.54 Å². The van der Waals surface area contributed by atoms with Gasteiger partial charge in [0.25, 0.3) is 0 Å². The summed E-state index contributed by atoms with van der Waals surface area (Å²) in [5.41, 5.74) is 5.33. The molecule has 0 bridgehead atoms. The standard InChI is InChI=1S/C20H33N3O2S/c1-4-25-17-11-20(21,19(17,2)3)18(24)22-12-15-7-5-9-23(13-15)14-16-8-6-10-26-16/h6,8,10,15,17H,4-5,7,9,11-14,21H2,1-3H3,(H,22,24). The van der Waals surface area contributed by atoms with Crippen LogP contribution in [0.4, 0.5) is 0 Å². The minimum absolute atomic E-state index is 0.0196. The largest absolute Gasteiger partial charge is 0.378 e. The third kappa shape index (κ3) is 3.84. The first-order valence-electron chi connectivity index (χ1n) is 9.80. The second-order valence-corrected chi connectivity index (χ2v) is 9.41. The lowest BCUT2D eigenvalue weighted by Gasteiger charge is -2.57. The van der Waals surface area contributed by atoms with Crippen LogP contribution in [0.2, 0.25) is 0 Å².